The largest absolute Gasteiger partial charge is 0.392 e. The second kappa shape index (κ2) is 7.27. The number of aliphatic hydroxyl groups is 1. The molecule has 0 saturated carbocycles. The van der Waals surface area contributed by atoms with Gasteiger partial charge in [0.2, 0.25) is 5.91 Å². The maximum Gasteiger partial charge on any atom is 0.244 e. The van der Waals surface area contributed by atoms with Gasteiger partial charge < -0.3 is 10.0 Å². The zero-order valence-electron chi connectivity index (χ0n) is 13.7. The summed E-state index contributed by atoms with van der Waals surface area (Å²) in [6.45, 7) is 2.62. The van der Waals surface area contributed by atoms with Crippen LogP contribution in [0.3, 0.4) is 0 Å². The Hall–Kier alpha value is -2.66. The molecular weight excluding hydrogens is 302 g/mol. The fraction of sp³-hybridized carbons (Fsp3) is 0.263. The predicted octanol–water partition coefficient (Wildman–Crippen LogP) is 2.45. The van der Waals surface area contributed by atoms with E-state index < -0.39 is 6.10 Å². The first kappa shape index (κ1) is 16.2. The van der Waals surface area contributed by atoms with Gasteiger partial charge in [-0.2, -0.15) is 5.10 Å². The van der Waals surface area contributed by atoms with E-state index in [2.05, 4.69) is 5.10 Å². The van der Waals surface area contributed by atoms with Gasteiger partial charge in [-0.3, -0.25) is 9.48 Å². The van der Waals surface area contributed by atoms with Gasteiger partial charge in [0.1, 0.15) is 6.54 Å². The molecule has 0 aliphatic rings. The van der Waals surface area contributed by atoms with Crippen LogP contribution in [0.25, 0.3) is 10.9 Å². The highest BCUT2D eigenvalue weighted by Crippen LogP contribution is 2.13. The second-order valence-electron chi connectivity index (χ2n) is 5.97. The Balaban J connectivity index is 1.78. The molecule has 0 spiro atoms. The van der Waals surface area contributed by atoms with E-state index in [1.54, 1.807) is 22.7 Å². The molecule has 5 heteroatoms. The van der Waals surface area contributed by atoms with Crippen LogP contribution < -0.4 is 0 Å². The lowest BCUT2D eigenvalue weighted by molar-refractivity contribution is -0.133. The summed E-state index contributed by atoms with van der Waals surface area (Å²) in [5.74, 6) is -0.0615. The Kier molecular flexibility index (Phi) is 4.91. The molecule has 0 fully saturated rings. The van der Waals surface area contributed by atoms with Gasteiger partial charge in [-0.1, -0.05) is 48.5 Å². The van der Waals surface area contributed by atoms with E-state index in [0.29, 0.717) is 13.1 Å². The van der Waals surface area contributed by atoms with Gasteiger partial charge in [-0.05, 0) is 18.6 Å². The van der Waals surface area contributed by atoms with Crippen LogP contribution >= 0.6 is 0 Å². The lowest BCUT2D eigenvalue weighted by Gasteiger charge is -2.24. The summed E-state index contributed by atoms with van der Waals surface area (Å²) in [7, 11) is 0. The summed E-state index contributed by atoms with van der Waals surface area (Å²) in [4.78, 5) is 14.4. The van der Waals surface area contributed by atoms with Gasteiger partial charge in [0.15, 0.2) is 0 Å². The van der Waals surface area contributed by atoms with Gasteiger partial charge in [0.05, 0.1) is 17.8 Å². The number of amides is 1. The first-order valence-electron chi connectivity index (χ1n) is 8.04. The lowest BCUT2D eigenvalue weighted by atomic mass is 10.2. The first-order valence-corrected chi connectivity index (χ1v) is 8.04. The molecule has 0 saturated heterocycles. The SMILES string of the molecule is C[C@@H](O)CN(Cc1ccccc1)C(=O)Cn1ncc2ccccc21. The average Bonchev–Trinajstić information content (AvgIpc) is 2.98. The first-order chi connectivity index (χ1) is 11.6. The van der Waals surface area contributed by atoms with Gasteiger partial charge in [-0.25, -0.2) is 0 Å². The molecule has 1 amide bonds. The third-order valence-electron chi connectivity index (χ3n) is 3.89. The van der Waals surface area contributed by atoms with Crippen molar-refractivity contribution in [3.63, 3.8) is 0 Å². The second-order valence-corrected chi connectivity index (χ2v) is 5.97. The van der Waals surface area contributed by atoms with Crippen molar-refractivity contribution in [1.82, 2.24) is 14.7 Å². The molecule has 1 N–H and O–H groups in total. The van der Waals surface area contributed by atoms with Gasteiger partial charge in [-0.15, -0.1) is 0 Å². The zero-order chi connectivity index (χ0) is 16.9. The average molecular weight is 323 g/mol. The molecule has 0 aliphatic carbocycles. The molecule has 0 bridgehead atoms. The molecule has 0 unspecified atom stereocenters. The van der Waals surface area contributed by atoms with Gasteiger partial charge in [0.25, 0.3) is 0 Å². The predicted molar refractivity (Wildman–Crippen MR) is 93.3 cm³/mol. The highest BCUT2D eigenvalue weighted by Gasteiger charge is 2.17. The number of rotatable bonds is 6. The van der Waals surface area contributed by atoms with Crippen LogP contribution in [0, 0.1) is 0 Å². The lowest BCUT2D eigenvalue weighted by Crippen LogP contribution is -2.38. The molecule has 24 heavy (non-hydrogen) atoms. The number of para-hydroxylation sites is 1. The smallest absolute Gasteiger partial charge is 0.244 e. The van der Waals surface area contributed by atoms with E-state index in [1.165, 1.54) is 0 Å². The van der Waals surface area contributed by atoms with Crippen molar-refractivity contribution >= 4 is 16.8 Å². The Morgan fingerprint density at radius 2 is 1.88 bits per heavy atom. The van der Waals surface area contributed by atoms with Crippen LogP contribution in [0.15, 0.2) is 60.8 Å². The van der Waals surface area contributed by atoms with Crippen molar-refractivity contribution in [3.8, 4) is 0 Å². The van der Waals surface area contributed by atoms with Crippen molar-refractivity contribution in [2.75, 3.05) is 6.54 Å². The number of hydrogen-bond donors (Lipinski definition) is 1. The summed E-state index contributed by atoms with van der Waals surface area (Å²) >= 11 is 0. The number of benzene rings is 2. The minimum atomic E-state index is -0.577. The van der Waals surface area contributed by atoms with E-state index in [1.807, 2.05) is 54.6 Å². The van der Waals surface area contributed by atoms with E-state index in [-0.39, 0.29) is 12.5 Å². The molecule has 3 aromatic rings. The number of fused-ring (bicyclic) bond motifs is 1. The number of nitrogens with zero attached hydrogens (tertiary/aromatic N) is 3. The fourth-order valence-electron chi connectivity index (χ4n) is 2.76. The molecule has 124 valence electrons. The standard InChI is InChI=1S/C19H21N3O2/c1-15(23)12-21(13-16-7-3-2-4-8-16)19(24)14-22-18-10-6-5-9-17(18)11-20-22/h2-11,15,23H,12-14H2,1H3/t15-/m1/s1. The normalized spacial score (nSPS) is 12.2. The number of carbonyl (C=O) groups is 1. The summed E-state index contributed by atoms with van der Waals surface area (Å²) in [5.41, 5.74) is 1.97. The van der Waals surface area contributed by atoms with E-state index >= 15 is 0 Å². The van der Waals surface area contributed by atoms with Crippen molar-refractivity contribution in [3.05, 3.63) is 66.4 Å². The number of carbonyl (C=O) groups excluding carboxylic acids is 1. The summed E-state index contributed by atoms with van der Waals surface area (Å²) < 4.78 is 1.71. The molecule has 2 aromatic carbocycles. The van der Waals surface area contributed by atoms with Crippen molar-refractivity contribution in [1.29, 1.82) is 0 Å². The maximum absolute atomic E-state index is 12.7. The van der Waals surface area contributed by atoms with E-state index in [0.717, 1.165) is 16.5 Å². The van der Waals surface area contributed by atoms with Gasteiger partial charge >= 0.3 is 0 Å². The fourth-order valence-corrected chi connectivity index (χ4v) is 2.76. The van der Waals surface area contributed by atoms with Crippen molar-refractivity contribution < 1.29 is 9.90 Å². The van der Waals surface area contributed by atoms with Gasteiger partial charge in [0, 0.05) is 18.5 Å². The molecule has 3 rings (SSSR count). The van der Waals surface area contributed by atoms with E-state index in [4.69, 9.17) is 0 Å². The zero-order valence-corrected chi connectivity index (χ0v) is 13.7. The summed E-state index contributed by atoms with van der Waals surface area (Å²) in [5, 5.41) is 15.1. The summed E-state index contributed by atoms with van der Waals surface area (Å²) in [6, 6.07) is 17.6. The number of aromatic nitrogens is 2. The molecule has 0 radical (unpaired) electrons. The van der Waals surface area contributed by atoms with Crippen LogP contribution in [0.4, 0.5) is 0 Å². The Morgan fingerprint density at radius 3 is 2.62 bits per heavy atom. The minimum absolute atomic E-state index is 0.0615. The molecular formula is C19H21N3O2. The van der Waals surface area contributed by atoms with E-state index in [9.17, 15) is 9.90 Å². The highest BCUT2D eigenvalue weighted by atomic mass is 16.3. The Labute approximate surface area is 141 Å². The maximum atomic E-state index is 12.7. The van der Waals surface area contributed by atoms with Crippen molar-refractivity contribution in [2.24, 2.45) is 0 Å². The molecule has 5 nitrogen and oxygen atoms in total. The number of hydrogen-bond acceptors (Lipinski definition) is 3. The van der Waals surface area contributed by atoms with Crippen LogP contribution in [-0.4, -0.2) is 38.3 Å². The topological polar surface area (TPSA) is 58.4 Å². The monoisotopic (exact) mass is 323 g/mol. The quantitative estimate of drug-likeness (QED) is 0.758. The van der Waals surface area contributed by atoms with Crippen LogP contribution in [0.5, 0.6) is 0 Å². The molecule has 1 heterocycles. The minimum Gasteiger partial charge on any atom is -0.392 e. The summed E-state index contributed by atoms with van der Waals surface area (Å²) in [6.07, 6.45) is 1.19. The molecule has 1 aromatic heterocycles. The van der Waals surface area contributed by atoms with Crippen molar-refractivity contribution in [2.45, 2.75) is 26.1 Å². The molecule has 1 atom stereocenters. The third kappa shape index (κ3) is 3.81. The molecule has 0 aliphatic heterocycles. The van der Waals surface area contributed by atoms with Crippen LogP contribution in [-0.2, 0) is 17.9 Å². The van der Waals surface area contributed by atoms with Crippen LogP contribution in [0.1, 0.15) is 12.5 Å². The third-order valence-corrected chi connectivity index (χ3v) is 3.89. The Bertz CT molecular complexity index is 812. The number of aliphatic hydroxyl groups excluding tert-OH is 1. The highest BCUT2D eigenvalue weighted by molar-refractivity contribution is 5.82. The Morgan fingerprint density at radius 1 is 1.17 bits per heavy atom. The van der Waals surface area contributed by atoms with Crippen LogP contribution in [0.2, 0.25) is 0 Å².